The Morgan fingerprint density at radius 3 is 1.78 bits per heavy atom. The van der Waals surface area contributed by atoms with E-state index in [-0.39, 0.29) is 0 Å². The summed E-state index contributed by atoms with van der Waals surface area (Å²) in [7, 11) is 3.35. The molecule has 0 amide bonds. The van der Waals surface area contributed by atoms with Crippen molar-refractivity contribution in [1.29, 1.82) is 0 Å². The van der Waals surface area contributed by atoms with E-state index >= 15 is 0 Å². The third-order valence-electron chi connectivity index (χ3n) is 6.19. The van der Waals surface area contributed by atoms with Crippen LogP contribution in [0.15, 0.2) is 115 Å². The number of methoxy groups -OCH3 is 2. The van der Waals surface area contributed by atoms with Crippen molar-refractivity contribution >= 4 is 0 Å². The molecule has 0 fully saturated rings. The molecule has 0 aliphatic carbocycles. The predicted octanol–water partition coefficient (Wildman–Crippen LogP) is 7.42. The third-order valence-corrected chi connectivity index (χ3v) is 6.19. The fraction of sp³-hybridized carbons (Fsp3) is 0.0882. The van der Waals surface area contributed by atoms with Crippen molar-refractivity contribution in [2.24, 2.45) is 0 Å². The third kappa shape index (κ3) is 5.72. The Balaban J connectivity index is 1.73. The Kier molecular flexibility index (Phi) is 7.29. The van der Waals surface area contributed by atoms with Gasteiger partial charge in [0.2, 0.25) is 0 Å². The molecule has 0 spiro atoms. The van der Waals surface area contributed by atoms with Gasteiger partial charge in [-0.3, -0.25) is 0 Å². The van der Waals surface area contributed by atoms with Crippen LogP contribution in [-0.4, -0.2) is 19.2 Å². The minimum Gasteiger partial charge on any atom is -0.497 e. The van der Waals surface area contributed by atoms with Gasteiger partial charge in [0.05, 0.1) is 31.2 Å². The monoisotopic (exact) mass is 481 g/mol. The van der Waals surface area contributed by atoms with Crippen LogP contribution in [0.4, 0.5) is 0 Å². The van der Waals surface area contributed by atoms with Gasteiger partial charge >= 0.3 is 0 Å². The average molecular weight is 482 g/mol. The number of benzene rings is 4. The fourth-order valence-electron chi connectivity index (χ4n) is 4.22. The van der Waals surface area contributed by atoms with Crippen molar-refractivity contribution in [3.05, 3.63) is 138 Å². The Morgan fingerprint density at radius 2 is 1.19 bits per heavy atom. The minimum absolute atomic E-state index is 0.745. The van der Waals surface area contributed by atoms with E-state index in [1.165, 1.54) is 5.56 Å². The lowest BCUT2D eigenvalue weighted by molar-refractivity contribution is 0.415. The first-order valence-electron chi connectivity index (χ1n) is 12.2. The van der Waals surface area contributed by atoms with E-state index in [0.29, 0.717) is 0 Å². The van der Waals surface area contributed by atoms with Gasteiger partial charge in [0.25, 0.3) is 0 Å². The van der Waals surface area contributed by atoms with Gasteiger partial charge in [0.1, 0.15) is 11.5 Å². The Hall–Kier alpha value is -4.81. The zero-order chi connectivity index (χ0) is 25.5. The van der Waals surface area contributed by atoms with Crippen LogP contribution in [0.2, 0.25) is 0 Å². The molecule has 180 valence electrons. The highest BCUT2D eigenvalue weighted by Crippen LogP contribution is 2.32. The summed E-state index contributed by atoms with van der Waals surface area (Å²) in [5.74, 6) is 8.46. The predicted molar refractivity (Wildman–Crippen MR) is 150 cm³/mol. The molecular formula is C34H27NO2. The van der Waals surface area contributed by atoms with Crippen molar-refractivity contribution < 1.29 is 9.47 Å². The van der Waals surface area contributed by atoms with Gasteiger partial charge in [-0.25, -0.2) is 4.98 Å². The van der Waals surface area contributed by atoms with Gasteiger partial charge < -0.3 is 9.47 Å². The SMILES string of the molecule is COc1ccc(-c2cc(Cc3ccccc3)c(C#Cc3ccccc3)c(-c3ccc(OC)cc3)n2)cc1. The second kappa shape index (κ2) is 11.3. The molecule has 0 unspecified atom stereocenters. The zero-order valence-corrected chi connectivity index (χ0v) is 20.9. The van der Waals surface area contributed by atoms with Crippen molar-refractivity contribution in [3.63, 3.8) is 0 Å². The standard InChI is InChI=1S/C34H27NO2/c1-36-30-18-14-27(15-19-30)33-24-29(23-26-11-7-4-8-12-26)32(22-13-25-9-5-3-6-10-25)34(35-33)28-16-20-31(37-2)21-17-28/h3-12,14-21,24H,23H2,1-2H3. The van der Waals surface area contributed by atoms with Gasteiger partial charge in [-0.15, -0.1) is 0 Å². The van der Waals surface area contributed by atoms with Gasteiger partial charge in [0.15, 0.2) is 0 Å². The number of pyridine rings is 1. The zero-order valence-electron chi connectivity index (χ0n) is 20.9. The van der Waals surface area contributed by atoms with Crippen LogP contribution >= 0.6 is 0 Å². The number of aromatic nitrogens is 1. The molecule has 1 heterocycles. The molecule has 0 bridgehead atoms. The van der Waals surface area contributed by atoms with Crippen molar-refractivity contribution in [2.45, 2.75) is 6.42 Å². The molecule has 0 radical (unpaired) electrons. The molecule has 0 N–H and O–H groups in total. The van der Waals surface area contributed by atoms with E-state index < -0.39 is 0 Å². The first kappa shape index (κ1) is 23.9. The van der Waals surface area contributed by atoms with Crippen LogP contribution in [0.5, 0.6) is 11.5 Å². The van der Waals surface area contributed by atoms with Gasteiger partial charge in [-0.05, 0) is 84.3 Å². The van der Waals surface area contributed by atoms with E-state index in [1.807, 2.05) is 84.9 Å². The fourth-order valence-corrected chi connectivity index (χ4v) is 4.22. The lowest BCUT2D eigenvalue weighted by Gasteiger charge is -2.15. The van der Waals surface area contributed by atoms with Gasteiger partial charge in [-0.1, -0.05) is 60.4 Å². The maximum atomic E-state index is 5.40. The van der Waals surface area contributed by atoms with Crippen LogP contribution in [0.3, 0.4) is 0 Å². The van der Waals surface area contributed by atoms with Crippen molar-refractivity contribution in [1.82, 2.24) is 4.98 Å². The molecule has 37 heavy (non-hydrogen) atoms. The molecular weight excluding hydrogens is 454 g/mol. The summed E-state index contributed by atoms with van der Waals surface area (Å²) in [6, 6.07) is 38.7. The Morgan fingerprint density at radius 1 is 0.622 bits per heavy atom. The molecule has 0 atom stereocenters. The molecule has 5 aromatic rings. The molecule has 3 heteroatoms. The minimum atomic E-state index is 0.745. The molecule has 0 saturated heterocycles. The highest BCUT2D eigenvalue weighted by Gasteiger charge is 2.15. The normalized spacial score (nSPS) is 10.3. The summed E-state index contributed by atoms with van der Waals surface area (Å²) in [6.07, 6.45) is 0.745. The maximum Gasteiger partial charge on any atom is 0.118 e. The molecule has 1 aromatic heterocycles. The number of hydrogen-bond acceptors (Lipinski definition) is 3. The van der Waals surface area contributed by atoms with Gasteiger partial charge in [0, 0.05) is 16.7 Å². The summed E-state index contributed by atoms with van der Waals surface area (Å²) >= 11 is 0. The summed E-state index contributed by atoms with van der Waals surface area (Å²) in [4.78, 5) is 5.15. The highest BCUT2D eigenvalue weighted by atomic mass is 16.5. The van der Waals surface area contributed by atoms with E-state index in [9.17, 15) is 0 Å². The van der Waals surface area contributed by atoms with E-state index in [2.05, 4.69) is 42.2 Å². The summed E-state index contributed by atoms with van der Waals surface area (Å²) in [6.45, 7) is 0. The number of hydrogen-bond donors (Lipinski definition) is 0. The Bertz CT molecular complexity index is 1530. The number of nitrogens with zero attached hydrogens (tertiary/aromatic N) is 1. The van der Waals surface area contributed by atoms with Crippen LogP contribution in [-0.2, 0) is 6.42 Å². The van der Waals surface area contributed by atoms with Crippen LogP contribution < -0.4 is 9.47 Å². The number of rotatable bonds is 6. The maximum absolute atomic E-state index is 5.40. The van der Waals surface area contributed by atoms with Gasteiger partial charge in [-0.2, -0.15) is 0 Å². The average Bonchev–Trinajstić information content (AvgIpc) is 2.97. The van der Waals surface area contributed by atoms with E-state index in [0.717, 1.165) is 57.1 Å². The second-order valence-electron chi connectivity index (χ2n) is 8.63. The van der Waals surface area contributed by atoms with Crippen LogP contribution in [0, 0.1) is 11.8 Å². The van der Waals surface area contributed by atoms with Crippen LogP contribution in [0.1, 0.15) is 22.3 Å². The smallest absolute Gasteiger partial charge is 0.118 e. The molecule has 4 aromatic carbocycles. The highest BCUT2D eigenvalue weighted by molar-refractivity contribution is 5.75. The quantitative estimate of drug-likeness (QED) is 0.236. The number of ether oxygens (including phenoxy) is 2. The van der Waals surface area contributed by atoms with Crippen LogP contribution in [0.25, 0.3) is 22.5 Å². The summed E-state index contributed by atoms with van der Waals surface area (Å²) in [5, 5.41) is 0. The van der Waals surface area contributed by atoms with E-state index in [1.54, 1.807) is 14.2 Å². The lowest BCUT2D eigenvalue weighted by Crippen LogP contribution is -2.01. The largest absolute Gasteiger partial charge is 0.497 e. The molecule has 5 rings (SSSR count). The molecule has 0 aliphatic heterocycles. The Labute approximate surface area is 218 Å². The topological polar surface area (TPSA) is 31.4 Å². The van der Waals surface area contributed by atoms with Crippen molar-refractivity contribution in [2.75, 3.05) is 14.2 Å². The van der Waals surface area contributed by atoms with Crippen molar-refractivity contribution in [3.8, 4) is 45.9 Å². The summed E-state index contributed by atoms with van der Waals surface area (Å²) < 4.78 is 10.8. The molecule has 0 aliphatic rings. The first-order valence-corrected chi connectivity index (χ1v) is 12.2. The summed E-state index contributed by atoms with van der Waals surface area (Å²) in [5.41, 5.74) is 7.99. The lowest BCUT2D eigenvalue weighted by atomic mass is 9.94. The molecule has 0 saturated carbocycles. The first-order chi connectivity index (χ1) is 18.2. The second-order valence-corrected chi connectivity index (χ2v) is 8.63. The molecule has 3 nitrogen and oxygen atoms in total. The van der Waals surface area contributed by atoms with E-state index in [4.69, 9.17) is 14.5 Å².